The van der Waals surface area contributed by atoms with E-state index in [1.54, 1.807) is 42.6 Å². The summed E-state index contributed by atoms with van der Waals surface area (Å²) < 4.78 is 26.8. The van der Waals surface area contributed by atoms with Crippen molar-refractivity contribution in [2.45, 2.75) is 20.1 Å². The standard InChI is InChI=1S/C23H18Cl2FN3O3/c1-14-9-15(24)5-7-21(14)31-13-17-6-8-22(32-17)23(30)28-16-10-27-29(11-16)12-18-19(25)3-2-4-20(18)26/h2-11H,12-13H2,1H3,(H,28,30). The van der Waals surface area contributed by atoms with Crippen LogP contribution in [0.25, 0.3) is 0 Å². The molecule has 0 fully saturated rings. The molecule has 0 aliphatic carbocycles. The number of benzene rings is 2. The van der Waals surface area contributed by atoms with Gasteiger partial charge in [0.15, 0.2) is 5.76 Å². The molecular weight excluding hydrogens is 456 g/mol. The van der Waals surface area contributed by atoms with E-state index in [9.17, 15) is 9.18 Å². The van der Waals surface area contributed by atoms with Gasteiger partial charge in [0.05, 0.1) is 18.4 Å². The van der Waals surface area contributed by atoms with Crippen molar-refractivity contribution in [1.82, 2.24) is 9.78 Å². The molecule has 32 heavy (non-hydrogen) atoms. The highest BCUT2D eigenvalue weighted by molar-refractivity contribution is 6.31. The molecule has 2 aromatic carbocycles. The molecule has 1 N–H and O–H groups in total. The number of furan rings is 1. The number of anilines is 1. The van der Waals surface area contributed by atoms with Gasteiger partial charge in [0, 0.05) is 21.8 Å². The van der Waals surface area contributed by atoms with Crippen LogP contribution in [0.15, 0.2) is 65.3 Å². The van der Waals surface area contributed by atoms with Crippen molar-refractivity contribution in [1.29, 1.82) is 0 Å². The van der Waals surface area contributed by atoms with Gasteiger partial charge in [-0.1, -0.05) is 29.3 Å². The molecule has 2 heterocycles. The third kappa shape index (κ3) is 5.12. The minimum absolute atomic E-state index is 0.126. The Kier molecular flexibility index (Phi) is 6.48. The van der Waals surface area contributed by atoms with Gasteiger partial charge in [-0.3, -0.25) is 9.48 Å². The van der Waals surface area contributed by atoms with E-state index in [0.717, 1.165) is 5.56 Å². The van der Waals surface area contributed by atoms with Crippen LogP contribution in [-0.4, -0.2) is 15.7 Å². The Morgan fingerprint density at radius 1 is 1.22 bits per heavy atom. The van der Waals surface area contributed by atoms with E-state index in [1.807, 2.05) is 6.92 Å². The molecule has 2 aromatic heterocycles. The van der Waals surface area contributed by atoms with Gasteiger partial charge in [0.2, 0.25) is 0 Å². The molecule has 0 saturated heterocycles. The van der Waals surface area contributed by atoms with Gasteiger partial charge in [-0.15, -0.1) is 0 Å². The van der Waals surface area contributed by atoms with E-state index in [2.05, 4.69) is 10.4 Å². The molecule has 0 saturated carbocycles. The Labute approximate surface area is 193 Å². The lowest BCUT2D eigenvalue weighted by Gasteiger charge is -2.07. The zero-order valence-electron chi connectivity index (χ0n) is 16.9. The van der Waals surface area contributed by atoms with Crippen molar-refractivity contribution in [3.8, 4) is 5.75 Å². The predicted molar refractivity (Wildman–Crippen MR) is 120 cm³/mol. The summed E-state index contributed by atoms with van der Waals surface area (Å²) in [5.74, 6) is 0.440. The number of hydrogen-bond donors (Lipinski definition) is 1. The zero-order valence-corrected chi connectivity index (χ0v) is 18.5. The van der Waals surface area contributed by atoms with Crippen LogP contribution in [0.4, 0.5) is 10.1 Å². The maximum Gasteiger partial charge on any atom is 0.291 e. The van der Waals surface area contributed by atoms with Crippen molar-refractivity contribution in [3.63, 3.8) is 0 Å². The summed E-state index contributed by atoms with van der Waals surface area (Å²) in [5.41, 5.74) is 1.66. The van der Waals surface area contributed by atoms with Gasteiger partial charge in [0.25, 0.3) is 5.91 Å². The van der Waals surface area contributed by atoms with Gasteiger partial charge in [-0.05, 0) is 55.0 Å². The van der Waals surface area contributed by atoms with Crippen LogP contribution in [0, 0.1) is 12.7 Å². The highest BCUT2D eigenvalue weighted by Gasteiger charge is 2.14. The van der Waals surface area contributed by atoms with Gasteiger partial charge in [-0.25, -0.2) is 4.39 Å². The average molecular weight is 474 g/mol. The fourth-order valence-electron chi connectivity index (χ4n) is 3.05. The minimum atomic E-state index is -0.442. The fraction of sp³-hybridized carbons (Fsp3) is 0.130. The summed E-state index contributed by atoms with van der Waals surface area (Å²) in [7, 11) is 0. The van der Waals surface area contributed by atoms with E-state index in [1.165, 1.54) is 23.0 Å². The number of hydrogen-bond acceptors (Lipinski definition) is 4. The van der Waals surface area contributed by atoms with Crippen LogP contribution in [0.3, 0.4) is 0 Å². The molecule has 0 aliphatic rings. The summed E-state index contributed by atoms with van der Waals surface area (Å²) in [6, 6.07) is 13.0. The Balaban J connectivity index is 1.36. The lowest BCUT2D eigenvalue weighted by molar-refractivity contribution is 0.0992. The van der Waals surface area contributed by atoms with Crippen molar-refractivity contribution in [2.24, 2.45) is 0 Å². The van der Waals surface area contributed by atoms with E-state index >= 15 is 0 Å². The summed E-state index contributed by atoms with van der Waals surface area (Å²) in [5, 5.41) is 7.78. The average Bonchev–Trinajstić information content (AvgIpc) is 3.40. The minimum Gasteiger partial charge on any atom is -0.485 e. The van der Waals surface area contributed by atoms with Gasteiger partial charge >= 0.3 is 0 Å². The fourth-order valence-corrected chi connectivity index (χ4v) is 3.50. The van der Waals surface area contributed by atoms with Crippen LogP contribution in [0.2, 0.25) is 10.0 Å². The number of rotatable bonds is 7. The molecule has 0 atom stereocenters. The number of nitrogens with zero attached hydrogens (tertiary/aromatic N) is 2. The second-order valence-corrected chi connectivity index (χ2v) is 7.89. The molecule has 0 spiro atoms. The second kappa shape index (κ2) is 9.46. The number of nitrogens with one attached hydrogen (secondary N) is 1. The predicted octanol–water partition coefficient (Wildman–Crippen LogP) is 6.11. The van der Waals surface area contributed by atoms with E-state index in [-0.39, 0.29) is 18.9 Å². The number of amides is 1. The van der Waals surface area contributed by atoms with Crippen LogP contribution >= 0.6 is 23.2 Å². The first-order valence-electron chi connectivity index (χ1n) is 9.63. The van der Waals surface area contributed by atoms with Crippen LogP contribution < -0.4 is 10.1 Å². The van der Waals surface area contributed by atoms with E-state index in [0.29, 0.717) is 32.8 Å². The summed E-state index contributed by atoms with van der Waals surface area (Å²) in [4.78, 5) is 12.5. The molecule has 6 nitrogen and oxygen atoms in total. The maximum absolute atomic E-state index is 14.0. The summed E-state index contributed by atoms with van der Waals surface area (Å²) in [6.45, 7) is 2.19. The first-order valence-corrected chi connectivity index (χ1v) is 10.4. The largest absolute Gasteiger partial charge is 0.485 e. The number of aromatic nitrogens is 2. The Morgan fingerprint density at radius 3 is 2.84 bits per heavy atom. The van der Waals surface area contributed by atoms with Gasteiger partial charge in [0.1, 0.15) is 23.9 Å². The van der Waals surface area contributed by atoms with Crippen molar-refractivity contribution in [2.75, 3.05) is 5.32 Å². The SMILES string of the molecule is Cc1cc(Cl)ccc1OCc1ccc(C(=O)Nc2cnn(Cc3c(F)cccc3Cl)c2)o1. The highest BCUT2D eigenvalue weighted by atomic mass is 35.5. The number of ether oxygens (including phenoxy) is 1. The van der Waals surface area contributed by atoms with Crippen LogP contribution in [-0.2, 0) is 13.2 Å². The van der Waals surface area contributed by atoms with Gasteiger partial charge < -0.3 is 14.5 Å². The third-order valence-corrected chi connectivity index (χ3v) is 5.25. The Morgan fingerprint density at radius 2 is 2.06 bits per heavy atom. The van der Waals surface area contributed by atoms with Crippen molar-refractivity contribution in [3.05, 3.63) is 99.4 Å². The van der Waals surface area contributed by atoms with E-state index in [4.69, 9.17) is 32.4 Å². The van der Waals surface area contributed by atoms with Crippen LogP contribution in [0.5, 0.6) is 5.75 Å². The third-order valence-electron chi connectivity index (χ3n) is 4.67. The molecule has 0 bridgehead atoms. The summed E-state index contributed by atoms with van der Waals surface area (Å²) >= 11 is 12.0. The Bertz CT molecular complexity index is 1250. The lowest BCUT2D eigenvalue weighted by Crippen LogP contribution is -2.10. The van der Waals surface area contributed by atoms with E-state index < -0.39 is 11.7 Å². The number of carbonyl (C=O) groups is 1. The zero-order chi connectivity index (χ0) is 22.7. The van der Waals surface area contributed by atoms with Crippen molar-refractivity contribution < 1.29 is 18.3 Å². The molecular formula is C23H18Cl2FN3O3. The Hall–Kier alpha value is -3.29. The summed E-state index contributed by atoms with van der Waals surface area (Å²) in [6.07, 6.45) is 3.04. The topological polar surface area (TPSA) is 69.3 Å². The normalized spacial score (nSPS) is 10.9. The molecule has 0 unspecified atom stereocenters. The highest BCUT2D eigenvalue weighted by Crippen LogP contribution is 2.24. The smallest absolute Gasteiger partial charge is 0.291 e. The molecule has 0 aliphatic heterocycles. The molecule has 4 rings (SSSR count). The first kappa shape index (κ1) is 21.9. The number of carbonyl (C=O) groups excluding carboxylic acids is 1. The first-order chi connectivity index (χ1) is 15.4. The van der Waals surface area contributed by atoms with Crippen molar-refractivity contribution >= 4 is 34.8 Å². The molecule has 164 valence electrons. The molecule has 0 radical (unpaired) electrons. The lowest BCUT2D eigenvalue weighted by atomic mass is 10.2. The second-order valence-electron chi connectivity index (χ2n) is 7.05. The molecule has 9 heteroatoms. The maximum atomic E-state index is 14.0. The quantitative estimate of drug-likeness (QED) is 0.351. The molecule has 1 amide bonds. The van der Waals surface area contributed by atoms with Crippen LogP contribution in [0.1, 0.15) is 27.4 Å². The number of halogens is 3. The monoisotopic (exact) mass is 473 g/mol. The van der Waals surface area contributed by atoms with Gasteiger partial charge in [-0.2, -0.15) is 5.10 Å². The molecule has 4 aromatic rings. The number of aryl methyl sites for hydroxylation is 1.